The van der Waals surface area contributed by atoms with Crippen LogP contribution in [0.4, 0.5) is 0 Å². The second kappa shape index (κ2) is 5.92. The molecule has 0 heterocycles. The van der Waals surface area contributed by atoms with Crippen molar-refractivity contribution in [2.75, 3.05) is 6.54 Å². The summed E-state index contributed by atoms with van der Waals surface area (Å²) in [6.07, 6.45) is 0.0954. The van der Waals surface area contributed by atoms with E-state index >= 15 is 0 Å². The molecule has 0 aromatic rings. The van der Waals surface area contributed by atoms with Crippen LogP contribution in [0.15, 0.2) is 0 Å². The highest BCUT2D eigenvalue weighted by atomic mass is 16.4. The van der Waals surface area contributed by atoms with E-state index in [1.165, 1.54) is 0 Å². The average molecular weight is 203 g/mol. The number of carbonyl (C=O) groups is 3. The summed E-state index contributed by atoms with van der Waals surface area (Å²) in [5, 5.41) is 10.7. The van der Waals surface area contributed by atoms with E-state index in [1.54, 1.807) is 0 Å². The van der Waals surface area contributed by atoms with Gasteiger partial charge in [-0.15, -0.1) is 0 Å². The average Bonchev–Trinajstić information content (AvgIpc) is 2.02. The standard InChI is InChI=1S/C7H13N3O4/c8-5(11)2-1-4(7(9)14)10-3-6(12)13/h4,10H,1-3H2,(H2,8,11)(H2,9,14)(H,12,13). The minimum atomic E-state index is -1.10. The number of nitrogens with one attached hydrogen (secondary N) is 1. The van der Waals surface area contributed by atoms with Crippen molar-refractivity contribution < 1.29 is 19.5 Å². The zero-order valence-electron chi connectivity index (χ0n) is 7.53. The van der Waals surface area contributed by atoms with Crippen LogP contribution in [-0.2, 0) is 14.4 Å². The van der Waals surface area contributed by atoms with E-state index in [4.69, 9.17) is 16.6 Å². The highest BCUT2D eigenvalue weighted by Gasteiger charge is 2.16. The SMILES string of the molecule is NC(=O)CCC(NCC(=O)O)C(N)=O. The number of hydrogen-bond donors (Lipinski definition) is 4. The summed E-state index contributed by atoms with van der Waals surface area (Å²) in [6.45, 7) is -0.383. The van der Waals surface area contributed by atoms with Crippen molar-refractivity contribution in [3.8, 4) is 0 Å². The Labute approximate surface area is 80.4 Å². The third-order valence-corrected chi connectivity index (χ3v) is 1.52. The molecule has 0 rings (SSSR count). The fraction of sp³-hybridized carbons (Fsp3) is 0.571. The second-order valence-electron chi connectivity index (χ2n) is 2.73. The molecule has 2 amide bonds. The summed E-state index contributed by atoms with van der Waals surface area (Å²) in [4.78, 5) is 31.3. The summed E-state index contributed by atoms with van der Waals surface area (Å²) < 4.78 is 0. The zero-order chi connectivity index (χ0) is 11.1. The van der Waals surface area contributed by atoms with Crippen LogP contribution in [0.1, 0.15) is 12.8 Å². The van der Waals surface area contributed by atoms with Crippen LogP contribution in [0, 0.1) is 0 Å². The maximum absolute atomic E-state index is 10.7. The van der Waals surface area contributed by atoms with Crippen molar-refractivity contribution in [3.05, 3.63) is 0 Å². The first-order valence-corrected chi connectivity index (χ1v) is 3.96. The van der Waals surface area contributed by atoms with Crippen LogP contribution >= 0.6 is 0 Å². The molecule has 0 aromatic heterocycles. The van der Waals surface area contributed by atoms with Crippen molar-refractivity contribution in [3.63, 3.8) is 0 Å². The molecule has 0 bridgehead atoms. The molecule has 0 spiro atoms. The molecule has 1 atom stereocenters. The van der Waals surface area contributed by atoms with Crippen LogP contribution in [0.25, 0.3) is 0 Å². The van der Waals surface area contributed by atoms with E-state index in [-0.39, 0.29) is 19.4 Å². The van der Waals surface area contributed by atoms with Gasteiger partial charge in [0, 0.05) is 6.42 Å². The molecule has 1 unspecified atom stereocenters. The lowest BCUT2D eigenvalue weighted by Gasteiger charge is -2.12. The number of carbonyl (C=O) groups excluding carboxylic acids is 2. The smallest absolute Gasteiger partial charge is 0.317 e. The molecule has 7 heteroatoms. The van der Waals surface area contributed by atoms with E-state index in [9.17, 15) is 14.4 Å². The molecule has 80 valence electrons. The van der Waals surface area contributed by atoms with Gasteiger partial charge in [0.25, 0.3) is 0 Å². The van der Waals surface area contributed by atoms with Gasteiger partial charge >= 0.3 is 5.97 Å². The minimum Gasteiger partial charge on any atom is -0.480 e. The third-order valence-electron chi connectivity index (χ3n) is 1.52. The Balaban J connectivity index is 3.96. The van der Waals surface area contributed by atoms with Crippen LogP contribution in [0.3, 0.4) is 0 Å². The predicted octanol–water partition coefficient (Wildman–Crippen LogP) is -2.22. The molecule has 6 N–H and O–H groups in total. The van der Waals surface area contributed by atoms with Crippen molar-refractivity contribution in [2.24, 2.45) is 11.5 Å². The first-order valence-electron chi connectivity index (χ1n) is 3.96. The van der Waals surface area contributed by atoms with Gasteiger partial charge in [0.15, 0.2) is 0 Å². The number of nitrogens with two attached hydrogens (primary N) is 2. The first kappa shape index (κ1) is 12.4. The van der Waals surface area contributed by atoms with Gasteiger partial charge in [-0.05, 0) is 6.42 Å². The molecule has 0 aliphatic carbocycles. The highest BCUT2D eigenvalue weighted by molar-refractivity contribution is 5.82. The van der Waals surface area contributed by atoms with Crippen molar-refractivity contribution in [1.29, 1.82) is 0 Å². The lowest BCUT2D eigenvalue weighted by molar-refractivity contribution is -0.136. The van der Waals surface area contributed by atoms with Crippen molar-refractivity contribution in [2.45, 2.75) is 18.9 Å². The highest BCUT2D eigenvalue weighted by Crippen LogP contribution is 1.95. The summed E-state index contributed by atoms with van der Waals surface area (Å²) in [5.74, 6) is -2.36. The molecule has 0 aliphatic heterocycles. The molecule has 7 nitrogen and oxygen atoms in total. The van der Waals surface area contributed by atoms with Crippen molar-refractivity contribution >= 4 is 17.8 Å². The summed E-state index contributed by atoms with van der Waals surface area (Å²) >= 11 is 0. The first-order chi connectivity index (χ1) is 6.43. The van der Waals surface area contributed by atoms with Crippen LogP contribution in [0.5, 0.6) is 0 Å². The van der Waals surface area contributed by atoms with Gasteiger partial charge in [0.1, 0.15) is 0 Å². The van der Waals surface area contributed by atoms with E-state index in [2.05, 4.69) is 5.32 Å². The molecular formula is C7H13N3O4. The Hall–Kier alpha value is -1.63. The number of amides is 2. The Morgan fingerprint density at radius 3 is 2.21 bits per heavy atom. The predicted molar refractivity (Wildman–Crippen MR) is 47.0 cm³/mol. The van der Waals surface area contributed by atoms with E-state index in [0.29, 0.717) is 0 Å². The molecule has 0 aromatic carbocycles. The summed E-state index contributed by atoms with van der Waals surface area (Å²) in [5.41, 5.74) is 9.82. The molecule has 0 radical (unpaired) electrons. The van der Waals surface area contributed by atoms with Gasteiger partial charge in [0.2, 0.25) is 11.8 Å². The second-order valence-corrected chi connectivity index (χ2v) is 2.73. The molecule has 14 heavy (non-hydrogen) atoms. The number of primary amides is 2. The molecule has 0 saturated heterocycles. The van der Waals surface area contributed by atoms with Gasteiger partial charge < -0.3 is 16.6 Å². The van der Waals surface area contributed by atoms with E-state index in [1.807, 2.05) is 0 Å². The largest absolute Gasteiger partial charge is 0.480 e. The number of aliphatic carboxylic acids is 1. The van der Waals surface area contributed by atoms with Gasteiger partial charge in [-0.1, -0.05) is 0 Å². The number of rotatable bonds is 7. The van der Waals surface area contributed by atoms with Gasteiger partial charge in [-0.25, -0.2) is 0 Å². The number of hydrogen-bond acceptors (Lipinski definition) is 4. The number of carboxylic acid groups (broad SMARTS) is 1. The van der Waals surface area contributed by atoms with Crippen LogP contribution in [0.2, 0.25) is 0 Å². The molecule has 0 aliphatic rings. The lowest BCUT2D eigenvalue weighted by atomic mass is 10.1. The third kappa shape index (κ3) is 5.95. The van der Waals surface area contributed by atoms with Crippen LogP contribution < -0.4 is 16.8 Å². The summed E-state index contributed by atoms with van der Waals surface area (Å²) in [7, 11) is 0. The molecular weight excluding hydrogens is 190 g/mol. The van der Waals surface area contributed by atoms with E-state index in [0.717, 1.165) is 0 Å². The van der Waals surface area contributed by atoms with Gasteiger partial charge in [-0.2, -0.15) is 0 Å². The Morgan fingerprint density at radius 1 is 1.29 bits per heavy atom. The van der Waals surface area contributed by atoms with Gasteiger partial charge in [0.05, 0.1) is 12.6 Å². The Morgan fingerprint density at radius 2 is 1.86 bits per heavy atom. The quantitative estimate of drug-likeness (QED) is 0.371. The number of carboxylic acids is 1. The van der Waals surface area contributed by atoms with Crippen LogP contribution in [-0.4, -0.2) is 35.5 Å². The maximum Gasteiger partial charge on any atom is 0.317 e. The topological polar surface area (TPSA) is 136 Å². The van der Waals surface area contributed by atoms with Crippen molar-refractivity contribution in [1.82, 2.24) is 5.32 Å². The minimum absolute atomic E-state index is 0.0137. The molecule has 0 saturated carbocycles. The normalized spacial score (nSPS) is 12.0. The zero-order valence-corrected chi connectivity index (χ0v) is 7.53. The fourth-order valence-corrected chi connectivity index (χ4v) is 0.842. The van der Waals surface area contributed by atoms with Gasteiger partial charge in [-0.3, -0.25) is 19.7 Å². The monoisotopic (exact) mass is 203 g/mol. The van der Waals surface area contributed by atoms with E-state index < -0.39 is 23.8 Å². The fourth-order valence-electron chi connectivity index (χ4n) is 0.842. The maximum atomic E-state index is 10.7. The Kier molecular flexibility index (Phi) is 5.23. The Bertz CT molecular complexity index is 223. The molecule has 0 fully saturated rings. The lowest BCUT2D eigenvalue weighted by Crippen LogP contribution is -2.43. The summed E-state index contributed by atoms with van der Waals surface area (Å²) in [6, 6.07) is -0.835.